The Balaban J connectivity index is 2.73. The van der Waals surface area contributed by atoms with Crippen molar-refractivity contribution in [3.05, 3.63) is 33.9 Å². The number of rotatable bonds is 6. The number of nitro groups is 1. The largest absolute Gasteiger partial charge is 0.384 e. The number of nitrogens with two attached hydrogens (primary N) is 1. The van der Waals surface area contributed by atoms with E-state index >= 15 is 0 Å². The molecule has 0 bridgehead atoms. The molecule has 0 spiro atoms. The van der Waals surface area contributed by atoms with Crippen molar-refractivity contribution in [3.63, 3.8) is 0 Å². The number of nitrogens with zero attached hydrogens (tertiary/aromatic N) is 2. The molecule has 0 unspecified atom stereocenters. The van der Waals surface area contributed by atoms with Gasteiger partial charge in [0.1, 0.15) is 6.07 Å². The number of nitriles is 1. The number of benzene rings is 1. The summed E-state index contributed by atoms with van der Waals surface area (Å²) in [4.78, 5) is 10.0. The van der Waals surface area contributed by atoms with Gasteiger partial charge in [-0.15, -0.1) is 0 Å². The Morgan fingerprint density at radius 1 is 1.47 bits per heavy atom. The molecule has 3 N–H and O–H groups in total. The summed E-state index contributed by atoms with van der Waals surface area (Å²) in [5.41, 5.74) is 6.19. The summed E-state index contributed by atoms with van der Waals surface area (Å²) in [6.07, 6.45) is 1.81. The fraction of sp³-hybridized carbons (Fsp3) is 0.364. The van der Waals surface area contributed by atoms with E-state index in [4.69, 9.17) is 11.0 Å². The molecule has 0 atom stereocenters. The quantitative estimate of drug-likeness (QED) is 0.442. The first kappa shape index (κ1) is 12.9. The predicted molar refractivity (Wildman–Crippen MR) is 64.6 cm³/mol. The van der Waals surface area contributed by atoms with Crippen LogP contribution in [0.1, 0.15) is 18.4 Å². The van der Waals surface area contributed by atoms with Crippen LogP contribution in [0.3, 0.4) is 0 Å². The Hall–Kier alpha value is -2.13. The van der Waals surface area contributed by atoms with E-state index in [-0.39, 0.29) is 11.3 Å². The Morgan fingerprint density at radius 3 is 2.82 bits per heavy atom. The molecule has 0 radical (unpaired) electrons. The van der Waals surface area contributed by atoms with Gasteiger partial charge in [0, 0.05) is 18.7 Å². The van der Waals surface area contributed by atoms with Crippen molar-refractivity contribution >= 4 is 11.4 Å². The molecule has 0 aliphatic carbocycles. The van der Waals surface area contributed by atoms with Gasteiger partial charge >= 0.3 is 0 Å². The second-order valence-corrected chi connectivity index (χ2v) is 3.52. The van der Waals surface area contributed by atoms with Crippen molar-refractivity contribution in [2.75, 3.05) is 18.4 Å². The highest BCUT2D eigenvalue weighted by Gasteiger charge is 2.09. The van der Waals surface area contributed by atoms with Crippen LogP contribution < -0.4 is 11.1 Å². The van der Waals surface area contributed by atoms with E-state index in [2.05, 4.69) is 5.32 Å². The molecule has 0 aliphatic heterocycles. The van der Waals surface area contributed by atoms with Crippen LogP contribution in [0.4, 0.5) is 11.4 Å². The van der Waals surface area contributed by atoms with Crippen molar-refractivity contribution in [3.8, 4) is 6.07 Å². The lowest BCUT2D eigenvalue weighted by molar-refractivity contribution is -0.384. The van der Waals surface area contributed by atoms with Crippen LogP contribution in [-0.2, 0) is 0 Å². The molecule has 0 amide bonds. The average Bonchev–Trinajstić information content (AvgIpc) is 2.34. The van der Waals surface area contributed by atoms with Crippen LogP contribution in [0.25, 0.3) is 0 Å². The molecule has 0 aliphatic rings. The van der Waals surface area contributed by atoms with Gasteiger partial charge < -0.3 is 11.1 Å². The zero-order valence-electron chi connectivity index (χ0n) is 9.35. The van der Waals surface area contributed by atoms with Gasteiger partial charge in [0.05, 0.1) is 16.2 Å². The Labute approximate surface area is 99.2 Å². The van der Waals surface area contributed by atoms with Crippen molar-refractivity contribution in [1.82, 2.24) is 0 Å². The van der Waals surface area contributed by atoms with Gasteiger partial charge in [0.15, 0.2) is 0 Å². The second kappa shape index (κ2) is 6.45. The SMILES string of the molecule is N#Cc1cc([N+](=O)[O-])ccc1NCCCCN. The summed E-state index contributed by atoms with van der Waals surface area (Å²) < 4.78 is 0. The third-order valence-electron chi connectivity index (χ3n) is 2.28. The monoisotopic (exact) mass is 234 g/mol. The maximum Gasteiger partial charge on any atom is 0.270 e. The number of unbranched alkanes of at least 4 members (excludes halogenated alkanes) is 1. The standard InChI is InChI=1S/C11H14N4O2/c12-5-1-2-6-14-11-4-3-10(15(16)17)7-9(11)8-13/h3-4,7,14H,1-2,5-6,12H2. The van der Waals surface area contributed by atoms with Crippen LogP contribution >= 0.6 is 0 Å². The number of anilines is 1. The molecule has 6 nitrogen and oxygen atoms in total. The Morgan fingerprint density at radius 2 is 2.24 bits per heavy atom. The first-order valence-electron chi connectivity index (χ1n) is 5.31. The summed E-state index contributed by atoms with van der Waals surface area (Å²) >= 11 is 0. The van der Waals surface area contributed by atoms with Gasteiger partial charge in [-0.05, 0) is 25.5 Å². The first-order chi connectivity index (χ1) is 8.19. The maximum absolute atomic E-state index is 10.5. The van der Waals surface area contributed by atoms with Gasteiger partial charge in [-0.2, -0.15) is 5.26 Å². The number of hydrogen-bond donors (Lipinski definition) is 2. The molecule has 0 heterocycles. The molecule has 1 aromatic rings. The molecule has 0 saturated carbocycles. The normalized spacial score (nSPS) is 9.65. The van der Waals surface area contributed by atoms with Crippen LogP contribution in [-0.4, -0.2) is 18.0 Å². The van der Waals surface area contributed by atoms with Gasteiger partial charge in [0.25, 0.3) is 5.69 Å². The highest BCUT2D eigenvalue weighted by atomic mass is 16.6. The van der Waals surface area contributed by atoms with Gasteiger partial charge in [-0.25, -0.2) is 0 Å². The van der Waals surface area contributed by atoms with E-state index in [1.165, 1.54) is 12.1 Å². The Bertz CT molecular complexity index is 440. The summed E-state index contributed by atoms with van der Waals surface area (Å²) in [5, 5.41) is 22.5. The molecule has 0 saturated heterocycles. The molecule has 1 aromatic carbocycles. The fourth-order valence-corrected chi connectivity index (χ4v) is 1.38. The van der Waals surface area contributed by atoms with Crippen molar-refractivity contribution in [1.29, 1.82) is 5.26 Å². The fourth-order valence-electron chi connectivity index (χ4n) is 1.38. The first-order valence-corrected chi connectivity index (χ1v) is 5.31. The van der Waals surface area contributed by atoms with Gasteiger partial charge in [0.2, 0.25) is 0 Å². The van der Waals surface area contributed by atoms with Crippen molar-refractivity contribution < 1.29 is 4.92 Å². The van der Waals surface area contributed by atoms with Crippen LogP contribution in [0.2, 0.25) is 0 Å². The lowest BCUT2D eigenvalue weighted by Crippen LogP contribution is -2.06. The number of nitro benzene ring substituents is 1. The molecule has 0 fully saturated rings. The van der Waals surface area contributed by atoms with E-state index in [0.29, 0.717) is 18.8 Å². The van der Waals surface area contributed by atoms with E-state index < -0.39 is 4.92 Å². The summed E-state index contributed by atoms with van der Waals surface area (Å²) in [6.45, 7) is 1.33. The molecule has 1 rings (SSSR count). The van der Waals surface area contributed by atoms with E-state index in [1.54, 1.807) is 6.07 Å². The molecule has 0 aromatic heterocycles. The minimum Gasteiger partial charge on any atom is -0.384 e. The Kier molecular flexibility index (Phi) is 4.91. The minimum atomic E-state index is -0.515. The molecule has 90 valence electrons. The number of nitrogens with one attached hydrogen (secondary N) is 1. The van der Waals surface area contributed by atoms with Gasteiger partial charge in [-0.3, -0.25) is 10.1 Å². The average molecular weight is 234 g/mol. The van der Waals surface area contributed by atoms with Crippen LogP contribution in [0, 0.1) is 21.4 Å². The summed E-state index contributed by atoms with van der Waals surface area (Å²) in [7, 11) is 0. The van der Waals surface area contributed by atoms with E-state index in [9.17, 15) is 10.1 Å². The lowest BCUT2D eigenvalue weighted by Gasteiger charge is -2.07. The highest BCUT2D eigenvalue weighted by Crippen LogP contribution is 2.21. The topological polar surface area (TPSA) is 105 Å². The molecule has 6 heteroatoms. The predicted octanol–water partition coefficient (Wildman–Crippen LogP) is 1.62. The smallest absolute Gasteiger partial charge is 0.270 e. The van der Waals surface area contributed by atoms with Crippen LogP contribution in [0.15, 0.2) is 18.2 Å². The highest BCUT2D eigenvalue weighted by molar-refractivity contribution is 5.61. The summed E-state index contributed by atoms with van der Waals surface area (Å²) in [6, 6.07) is 6.14. The van der Waals surface area contributed by atoms with Crippen molar-refractivity contribution in [2.24, 2.45) is 5.73 Å². The zero-order chi connectivity index (χ0) is 12.7. The third-order valence-corrected chi connectivity index (χ3v) is 2.28. The lowest BCUT2D eigenvalue weighted by atomic mass is 10.1. The second-order valence-electron chi connectivity index (χ2n) is 3.52. The number of non-ortho nitro benzene ring substituents is 1. The zero-order valence-corrected chi connectivity index (χ0v) is 9.35. The minimum absolute atomic E-state index is 0.0749. The van der Waals surface area contributed by atoms with Crippen LogP contribution in [0.5, 0.6) is 0 Å². The third kappa shape index (κ3) is 3.74. The molecule has 17 heavy (non-hydrogen) atoms. The van der Waals surface area contributed by atoms with Crippen molar-refractivity contribution in [2.45, 2.75) is 12.8 Å². The van der Waals surface area contributed by atoms with E-state index in [1.807, 2.05) is 6.07 Å². The maximum atomic E-state index is 10.5. The number of hydrogen-bond acceptors (Lipinski definition) is 5. The molecular formula is C11H14N4O2. The van der Waals surface area contributed by atoms with E-state index in [0.717, 1.165) is 12.8 Å². The molecular weight excluding hydrogens is 220 g/mol. The van der Waals surface area contributed by atoms with Gasteiger partial charge in [-0.1, -0.05) is 0 Å². The summed E-state index contributed by atoms with van der Waals surface area (Å²) in [5.74, 6) is 0.